The molecular formula is C18H21BrIN. The average Bonchev–Trinajstić information content (AvgIpc) is 2.46. The highest BCUT2D eigenvalue weighted by atomic mass is 127. The van der Waals surface area contributed by atoms with Crippen molar-refractivity contribution < 1.29 is 0 Å². The largest absolute Gasteiger partial charge is 0.306 e. The van der Waals surface area contributed by atoms with Crippen LogP contribution in [0.4, 0.5) is 0 Å². The second-order valence-electron chi connectivity index (χ2n) is 5.40. The first-order chi connectivity index (χ1) is 10.0. The van der Waals surface area contributed by atoms with Crippen molar-refractivity contribution in [2.45, 2.75) is 33.2 Å². The fourth-order valence-corrected chi connectivity index (χ4v) is 3.28. The summed E-state index contributed by atoms with van der Waals surface area (Å²) in [6.07, 6.45) is 1.13. The third-order valence-electron chi connectivity index (χ3n) is 3.66. The quantitative estimate of drug-likeness (QED) is 0.562. The molecule has 112 valence electrons. The van der Waals surface area contributed by atoms with Gasteiger partial charge in [-0.25, -0.2) is 0 Å². The van der Waals surface area contributed by atoms with E-state index >= 15 is 0 Å². The van der Waals surface area contributed by atoms with Crippen LogP contribution in [0.25, 0.3) is 0 Å². The topological polar surface area (TPSA) is 12.0 Å². The Bertz CT molecular complexity index is 607. The van der Waals surface area contributed by atoms with Crippen LogP contribution in [0, 0.1) is 17.4 Å². The molecular weight excluding hydrogens is 437 g/mol. The van der Waals surface area contributed by atoms with E-state index in [0.717, 1.165) is 13.0 Å². The third kappa shape index (κ3) is 4.30. The van der Waals surface area contributed by atoms with Gasteiger partial charge in [-0.1, -0.05) is 41.1 Å². The van der Waals surface area contributed by atoms with Crippen LogP contribution in [0.3, 0.4) is 0 Å². The van der Waals surface area contributed by atoms with Gasteiger partial charge in [-0.05, 0) is 89.9 Å². The maximum atomic E-state index is 3.69. The Labute approximate surface area is 149 Å². The Morgan fingerprint density at radius 1 is 1.10 bits per heavy atom. The molecule has 0 bridgehead atoms. The van der Waals surface area contributed by atoms with Crippen molar-refractivity contribution in [2.24, 2.45) is 0 Å². The molecule has 0 amide bonds. The summed E-state index contributed by atoms with van der Waals surface area (Å²) < 4.78 is 2.45. The van der Waals surface area contributed by atoms with Gasteiger partial charge in [0.15, 0.2) is 0 Å². The third-order valence-corrected chi connectivity index (χ3v) is 5.23. The number of benzene rings is 2. The van der Waals surface area contributed by atoms with Gasteiger partial charge in [-0.3, -0.25) is 0 Å². The Morgan fingerprint density at radius 2 is 1.76 bits per heavy atom. The molecule has 1 N–H and O–H groups in total. The fourth-order valence-electron chi connectivity index (χ4n) is 2.47. The number of hydrogen-bond donors (Lipinski definition) is 1. The van der Waals surface area contributed by atoms with Gasteiger partial charge in [-0.15, -0.1) is 0 Å². The smallest absolute Gasteiger partial charge is 0.0579 e. The lowest BCUT2D eigenvalue weighted by atomic mass is 9.93. The molecule has 0 spiro atoms. The zero-order chi connectivity index (χ0) is 15.4. The van der Waals surface area contributed by atoms with Crippen molar-refractivity contribution in [3.63, 3.8) is 0 Å². The van der Waals surface area contributed by atoms with Crippen molar-refractivity contribution in [3.8, 4) is 0 Å². The van der Waals surface area contributed by atoms with Crippen LogP contribution in [0.15, 0.2) is 40.9 Å². The molecule has 1 nitrogen and oxygen atoms in total. The number of rotatable bonds is 5. The molecule has 0 heterocycles. The SMILES string of the molecule is CCCNC(c1ccc(I)cc1)c1cc(C)c(Br)cc1C. The van der Waals surface area contributed by atoms with Gasteiger partial charge in [0.1, 0.15) is 0 Å². The maximum Gasteiger partial charge on any atom is 0.0579 e. The fraction of sp³-hybridized carbons (Fsp3) is 0.333. The monoisotopic (exact) mass is 457 g/mol. The van der Waals surface area contributed by atoms with E-state index in [-0.39, 0.29) is 6.04 Å². The van der Waals surface area contributed by atoms with Crippen molar-refractivity contribution in [1.82, 2.24) is 5.32 Å². The standard InChI is InChI=1S/C18H21BrIN/c1-4-9-21-18(14-5-7-15(20)8-6-14)16-10-13(3)17(19)11-12(16)2/h5-8,10-11,18,21H,4,9H2,1-3H3. The molecule has 0 aromatic heterocycles. The van der Waals surface area contributed by atoms with Crippen LogP contribution in [0.2, 0.25) is 0 Å². The predicted octanol–water partition coefficient (Wildman–Crippen LogP) is 5.76. The lowest BCUT2D eigenvalue weighted by Gasteiger charge is -2.22. The molecule has 0 saturated heterocycles. The summed E-state index contributed by atoms with van der Waals surface area (Å²) in [6.45, 7) is 7.56. The van der Waals surface area contributed by atoms with E-state index in [1.165, 1.54) is 30.3 Å². The average molecular weight is 458 g/mol. The zero-order valence-electron chi connectivity index (χ0n) is 12.7. The predicted molar refractivity (Wildman–Crippen MR) is 103 cm³/mol. The van der Waals surface area contributed by atoms with Gasteiger partial charge < -0.3 is 5.32 Å². The Morgan fingerprint density at radius 3 is 2.38 bits per heavy atom. The molecule has 2 aromatic carbocycles. The minimum atomic E-state index is 0.258. The lowest BCUT2D eigenvalue weighted by molar-refractivity contribution is 0.596. The second kappa shape index (κ2) is 7.75. The van der Waals surface area contributed by atoms with Gasteiger partial charge >= 0.3 is 0 Å². The summed E-state index contributed by atoms with van der Waals surface area (Å²) in [5.41, 5.74) is 5.29. The summed E-state index contributed by atoms with van der Waals surface area (Å²) in [6, 6.07) is 13.6. The van der Waals surface area contributed by atoms with Gasteiger partial charge in [0.25, 0.3) is 0 Å². The van der Waals surface area contributed by atoms with Gasteiger partial charge in [-0.2, -0.15) is 0 Å². The molecule has 0 aliphatic heterocycles. The van der Waals surface area contributed by atoms with Crippen LogP contribution in [0.1, 0.15) is 41.6 Å². The van der Waals surface area contributed by atoms with E-state index in [0.29, 0.717) is 0 Å². The van der Waals surface area contributed by atoms with Gasteiger partial charge in [0.2, 0.25) is 0 Å². The second-order valence-corrected chi connectivity index (χ2v) is 7.50. The van der Waals surface area contributed by atoms with Crippen molar-refractivity contribution in [1.29, 1.82) is 0 Å². The summed E-state index contributed by atoms with van der Waals surface area (Å²) in [7, 11) is 0. The molecule has 0 saturated carbocycles. The van der Waals surface area contributed by atoms with E-state index in [4.69, 9.17) is 0 Å². The van der Waals surface area contributed by atoms with Gasteiger partial charge in [0, 0.05) is 8.04 Å². The van der Waals surface area contributed by atoms with Crippen molar-refractivity contribution in [2.75, 3.05) is 6.54 Å². The van der Waals surface area contributed by atoms with Gasteiger partial charge in [0.05, 0.1) is 6.04 Å². The van der Waals surface area contributed by atoms with Crippen LogP contribution in [0.5, 0.6) is 0 Å². The highest BCUT2D eigenvalue weighted by Crippen LogP contribution is 2.29. The Hall–Kier alpha value is -0.390. The molecule has 0 aliphatic rings. The van der Waals surface area contributed by atoms with Crippen LogP contribution in [-0.2, 0) is 0 Å². The first-order valence-corrected chi connectivity index (χ1v) is 9.15. The Balaban J connectivity index is 2.45. The van der Waals surface area contributed by atoms with E-state index in [9.17, 15) is 0 Å². The maximum absolute atomic E-state index is 3.69. The van der Waals surface area contributed by atoms with Crippen LogP contribution in [-0.4, -0.2) is 6.54 Å². The van der Waals surface area contributed by atoms with E-state index in [2.05, 4.69) is 101 Å². The first kappa shape index (κ1) is 17.0. The first-order valence-electron chi connectivity index (χ1n) is 7.28. The number of hydrogen-bond acceptors (Lipinski definition) is 1. The normalized spacial score (nSPS) is 12.4. The summed E-state index contributed by atoms with van der Waals surface area (Å²) in [5, 5.41) is 3.69. The molecule has 3 heteroatoms. The molecule has 2 rings (SSSR count). The summed E-state index contributed by atoms with van der Waals surface area (Å²) >= 11 is 5.98. The Kier molecular flexibility index (Phi) is 6.26. The number of nitrogens with one attached hydrogen (secondary N) is 1. The number of aryl methyl sites for hydroxylation is 2. The van der Waals surface area contributed by atoms with Crippen molar-refractivity contribution >= 4 is 38.5 Å². The minimum absolute atomic E-state index is 0.258. The highest BCUT2D eigenvalue weighted by Gasteiger charge is 2.16. The molecule has 2 aromatic rings. The molecule has 21 heavy (non-hydrogen) atoms. The van der Waals surface area contributed by atoms with E-state index in [1.807, 2.05) is 0 Å². The van der Waals surface area contributed by atoms with E-state index < -0.39 is 0 Å². The minimum Gasteiger partial charge on any atom is -0.306 e. The molecule has 0 radical (unpaired) electrons. The van der Waals surface area contributed by atoms with Crippen molar-refractivity contribution in [3.05, 3.63) is 66.7 Å². The summed E-state index contributed by atoms with van der Waals surface area (Å²) in [5.74, 6) is 0. The number of halogens is 2. The highest BCUT2D eigenvalue weighted by molar-refractivity contribution is 14.1. The van der Waals surface area contributed by atoms with E-state index in [1.54, 1.807) is 0 Å². The molecule has 1 atom stereocenters. The van der Waals surface area contributed by atoms with Crippen LogP contribution >= 0.6 is 38.5 Å². The lowest BCUT2D eigenvalue weighted by Crippen LogP contribution is -2.24. The van der Waals surface area contributed by atoms with Crippen LogP contribution < -0.4 is 5.32 Å². The summed E-state index contributed by atoms with van der Waals surface area (Å²) in [4.78, 5) is 0. The molecule has 0 aliphatic carbocycles. The molecule has 1 unspecified atom stereocenters. The molecule has 0 fully saturated rings. The zero-order valence-corrected chi connectivity index (χ0v) is 16.5.